The van der Waals surface area contributed by atoms with E-state index in [9.17, 15) is 9.50 Å². The predicted molar refractivity (Wildman–Crippen MR) is 122 cm³/mol. The summed E-state index contributed by atoms with van der Waals surface area (Å²) < 4.78 is 15.4. The lowest BCUT2D eigenvalue weighted by atomic mass is 10.1. The van der Waals surface area contributed by atoms with E-state index >= 15 is 0 Å². The fraction of sp³-hybridized carbons (Fsp3) is 0.500. The summed E-state index contributed by atoms with van der Waals surface area (Å²) >= 11 is 0. The number of halogens is 2. The van der Waals surface area contributed by atoms with Crippen LogP contribution >= 0.6 is 24.0 Å². The highest BCUT2D eigenvalue weighted by Gasteiger charge is 2.14. The van der Waals surface area contributed by atoms with Gasteiger partial charge in [-0.15, -0.1) is 24.0 Å². The van der Waals surface area contributed by atoms with E-state index in [1.54, 1.807) is 12.1 Å². The van der Waals surface area contributed by atoms with E-state index in [1.165, 1.54) is 17.3 Å². The zero-order chi connectivity index (χ0) is 20.0. The molecule has 1 unspecified atom stereocenters. The number of guanidine groups is 1. The molecule has 0 bridgehead atoms. The molecule has 6 nitrogen and oxygen atoms in total. The lowest BCUT2D eigenvalue weighted by Gasteiger charge is -2.18. The Balaban J connectivity index is 0.00000392. The normalized spacial score (nSPS) is 12.5. The van der Waals surface area contributed by atoms with E-state index < -0.39 is 5.82 Å². The van der Waals surface area contributed by atoms with Gasteiger partial charge in [-0.25, -0.2) is 9.38 Å². The van der Waals surface area contributed by atoms with Gasteiger partial charge in [0.1, 0.15) is 5.82 Å². The Bertz CT molecular complexity index is 806. The third-order valence-electron chi connectivity index (χ3n) is 4.60. The minimum atomic E-state index is -0.397. The smallest absolute Gasteiger partial charge is 0.191 e. The first-order valence-electron chi connectivity index (χ1n) is 9.27. The van der Waals surface area contributed by atoms with Crippen molar-refractivity contribution in [2.45, 2.75) is 53.3 Å². The standard InChI is InChI=1S/C20H30FN5O.HI/c1-6-22-20(23-11-16-7-8-19(21)17(10-16)12-27)24-13(2)9-18-14(3)25-26(5)15(18)4;/h7-8,10,13,27H,6,9,11-12H2,1-5H3,(H2,22,23,24);1H. The number of benzene rings is 1. The van der Waals surface area contributed by atoms with Crippen molar-refractivity contribution in [1.82, 2.24) is 20.4 Å². The number of nitrogens with one attached hydrogen (secondary N) is 2. The monoisotopic (exact) mass is 503 g/mol. The SMILES string of the molecule is CCNC(=NCc1ccc(F)c(CO)c1)NC(C)Cc1c(C)nn(C)c1C.I. The minimum absolute atomic E-state index is 0. The molecule has 156 valence electrons. The molecule has 28 heavy (non-hydrogen) atoms. The summed E-state index contributed by atoms with van der Waals surface area (Å²) in [4.78, 5) is 4.59. The van der Waals surface area contributed by atoms with Crippen LogP contribution in [-0.4, -0.2) is 33.4 Å². The quantitative estimate of drug-likeness (QED) is 0.309. The molecule has 1 heterocycles. The molecule has 0 aliphatic rings. The van der Waals surface area contributed by atoms with Gasteiger partial charge in [-0.3, -0.25) is 4.68 Å². The van der Waals surface area contributed by atoms with E-state index in [4.69, 9.17) is 0 Å². The van der Waals surface area contributed by atoms with E-state index in [-0.39, 0.29) is 42.2 Å². The summed E-state index contributed by atoms with van der Waals surface area (Å²) in [5.74, 6) is 0.310. The highest BCUT2D eigenvalue weighted by atomic mass is 127. The molecule has 0 spiro atoms. The molecule has 0 saturated carbocycles. The number of aryl methyl sites for hydroxylation is 2. The van der Waals surface area contributed by atoms with Crippen molar-refractivity contribution in [2.75, 3.05) is 6.54 Å². The predicted octanol–water partition coefficient (Wildman–Crippen LogP) is 2.97. The number of aliphatic hydroxyl groups is 1. The first-order chi connectivity index (χ1) is 12.8. The van der Waals surface area contributed by atoms with Crippen molar-refractivity contribution in [3.8, 4) is 0 Å². The maximum atomic E-state index is 13.5. The zero-order valence-corrected chi connectivity index (χ0v) is 19.5. The second kappa shape index (κ2) is 11.4. The first-order valence-corrected chi connectivity index (χ1v) is 9.27. The Kier molecular flexibility index (Phi) is 9.88. The third kappa shape index (κ3) is 6.44. The van der Waals surface area contributed by atoms with Crippen molar-refractivity contribution >= 4 is 29.9 Å². The van der Waals surface area contributed by atoms with Crippen LogP contribution in [0.25, 0.3) is 0 Å². The molecule has 1 aromatic carbocycles. The number of aliphatic hydroxyl groups excluding tert-OH is 1. The van der Waals surface area contributed by atoms with Crippen molar-refractivity contribution in [3.05, 3.63) is 52.1 Å². The Morgan fingerprint density at radius 3 is 2.64 bits per heavy atom. The van der Waals surface area contributed by atoms with E-state index in [1.807, 2.05) is 25.6 Å². The number of rotatable bonds is 7. The third-order valence-corrected chi connectivity index (χ3v) is 4.60. The average Bonchev–Trinajstić information content (AvgIpc) is 2.87. The molecule has 1 atom stereocenters. The molecule has 8 heteroatoms. The van der Waals surface area contributed by atoms with Crippen LogP contribution in [0.2, 0.25) is 0 Å². The molecule has 2 rings (SSSR count). The molecular formula is C20H31FIN5O. The number of aliphatic imine (C=N–C) groups is 1. The van der Waals surface area contributed by atoms with Crippen molar-refractivity contribution in [2.24, 2.45) is 12.0 Å². The van der Waals surface area contributed by atoms with Crippen LogP contribution in [0.3, 0.4) is 0 Å². The van der Waals surface area contributed by atoms with Crippen molar-refractivity contribution in [3.63, 3.8) is 0 Å². The molecule has 1 aromatic heterocycles. The summed E-state index contributed by atoms with van der Waals surface area (Å²) in [6.45, 7) is 9.06. The van der Waals surface area contributed by atoms with Crippen LogP contribution in [-0.2, 0) is 26.6 Å². The molecule has 0 aliphatic carbocycles. The van der Waals surface area contributed by atoms with Crippen LogP contribution in [0.15, 0.2) is 23.2 Å². The van der Waals surface area contributed by atoms with Gasteiger partial charge in [-0.2, -0.15) is 5.10 Å². The second-order valence-electron chi connectivity index (χ2n) is 6.80. The summed E-state index contributed by atoms with van der Waals surface area (Å²) in [6, 6.07) is 4.88. The van der Waals surface area contributed by atoms with Gasteiger partial charge >= 0.3 is 0 Å². The molecule has 3 N–H and O–H groups in total. The van der Waals surface area contributed by atoms with Crippen molar-refractivity contribution in [1.29, 1.82) is 0 Å². The summed E-state index contributed by atoms with van der Waals surface area (Å²) in [7, 11) is 1.96. The van der Waals surface area contributed by atoms with Crippen LogP contribution in [0.1, 0.15) is 41.9 Å². The molecular weight excluding hydrogens is 472 g/mol. The lowest BCUT2D eigenvalue weighted by Crippen LogP contribution is -2.43. The maximum absolute atomic E-state index is 13.5. The van der Waals surface area contributed by atoms with Crippen LogP contribution < -0.4 is 10.6 Å². The van der Waals surface area contributed by atoms with Gasteiger partial charge in [-0.1, -0.05) is 6.07 Å². The molecule has 0 saturated heterocycles. The summed E-state index contributed by atoms with van der Waals surface area (Å²) in [5.41, 5.74) is 4.61. The fourth-order valence-corrected chi connectivity index (χ4v) is 3.04. The summed E-state index contributed by atoms with van der Waals surface area (Å²) in [5, 5.41) is 20.3. The first kappa shape index (κ1) is 24.4. The fourth-order valence-electron chi connectivity index (χ4n) is 3.04. The highest BCUT2D eigenvalue weighted by Crippen LogP contribution is 2.14. The number of hydrogen-bond donors (Lipinski definition) is 3. The van der Waals surface area contributed by atoms with Crippen LogP contribution in [0, 0.1) is 19.7 Å². The van der Waals surface area contributed by atoms with E-state index in [2.05, 4.69) is 34.6 Å². The maximum Gasteiger partial charge on any atom is 0.191 e. The Morgan fingerprint density at radius 1 is 1.36 bits per heavy atom. The molecule has 0 radical (unpaired) electrons. The zero-order valence-electron chi connectivity index (χ0n) is 17.2. The topological polar surface area (TPSA) is 74.5 Å². The Labute approximate surface area is 183 Å². The lowest BCUT2D eigenvalue weighted by molar-refractivity contribution is 0.275. The van der Waals surface area contributed by atoms with Crippen molar-refractivity contribution < 1.29 is 9.50 Å². The van der Waals surface area contributed by atoms with Gasteiger partial charge < -0.3 is 15.7 Å². The Morgan fingerprint density at radius 2 is 2.07 bits per heavy atom. The highest BCUT2D eigenvalue weighted by molar-refractivity contribution is 14.0. The van der Waals surface area contributed by atoms with E-state index in [0.717, 1.165) is 24.2 Å². The largest absolute Gasteiger partial charge is 0.392 e. The molecule has 0 fully saturated rings. The van der Waals surface area contributed by atoms with E-state index in [0.29, 0.717) is 12.5 Å². The summed E-state index contributed by atoms with van der Waals surface area (Å²) in [6.07, 6.45) is 0.848. The molecule has 2 aromatic rings. The Hall–Kier alpha value is -1.68. The van der Waals surface area contributed by atoms with Gasteiger partial charge in [0, 0.05) is 30.9 Å². The van der Waals surface area contributed by atoms with Crippen LogP contribution in [0.4, 0.5) is 4.39 Å². The van der Waals surface area contributed by atoms with Gasteiger partial charge in [0.2, 0.25) is 0 Å². The van der Waals surface area contributed by atoms with Gasteiger partial charge in [0.15, 0.2) is 5.96 Å². The minimum Gasteiger partial charge on any atom is -0.392 e. The van der Waals surface area contributed by atoms with Gasteiger partial charge in [0.05, 0.1) is 18.8 Å². The van der Waals surface area contributed by atoms with Gasteiger partial charge in [0.25, 0.3) is 0 Å². The number of hydrogen-bond acceptors (Lipinski definition) is 3. The second-order valence-corrected chi connectivity index (χ2v) is 6.80. The number of nitrogens with zero attached hydrogens (tertiary/aromatic N) is 3. The van der Waals surface area contributed by atoms with Gasteiger partial charge in [-0.05, 0) is 57.4 Å². The number of aromatic nitrogens is 2. The van der Waals surface area contributed by atoms with Crippen LogP contribution in [0.5, 0.6) is 0 Å². The average molecular weight is 503 g/mol. The molecule has 0 aliphatic heterocycles. The molecule has 0 amide bonds.